The molecule has 10 rings (SSSR count). The molecule has 0 aliphatic heterocycles. The molecule has 0 radical (unpaired) electrons. The molecular weight excluding hydrogens is 657 g/mol. The first kappa shape index (κ1) is 26.5. The Balaban J connectivity index is 1.14. The van der Waals surface area contributed by atoms with Crippen LogP contribution >= 0.6 is 0 Å². The number of pyridine rings is 1. The van der Waals surface area contributed by atoms with E-state index in [9.17, 15) is 0 Å². The van der Waals surface area contributed by atoms with Gasteiger partial charge in [-0.1, -0.05) is 139 Å². The zero-order valence-corrected chi connectivity index (χ0v) is 29.0. The quantitative estimate of drug-likeness (QED) is 0.166. The number of hydrogen-bond acceptors (Lipinski definition) is 2. The summed E-state index contributed by atoms with van der Waals surface area (Å²) in [5.74, 6) is 0.791. The maximum Gasteiger partial charge on any atom is 0.145 e. The molecule has 0 N–H and O–H groups in total. The fourth-order valence-electron chi connectivity index (χ4n) is 7.29. The van der Waals surface area contributed by atoms with Gasteiger partial charge in [-0.3, -0.25) is 8.97 Å². The van der Waals surface area contributed by atoms with Crippen LogP contribution in [-0.2, 0) is 0 Å². The molecule has 4 nitrogen and oxygen atoms in total. The fraction of sp³-hybridized carbons (Fsp3) is 0. The smallest absolute Gasteiger partial charge is 0.145 e. The van der Waals surface area contributed by atoms with E-state index >= 15 is 0 Å². The van der Waals surface area contributed by atoms with Gasteiger partial charge in [-0.25, -0.2) is 9.97 Å². The van der Waals surface area contributed by atoms with Gasteiger partial charge in [0.15, 0.2) is 0 Å². The molecule has 3 aromatic heterocycles. The average molecular weight is 696 g/mol. The van der Waals surface area contributed by atoms with Gasteiger partial charge in [0.1, 0.15) is 11.5 Å². The van der Waals surface area contributed by atoms with E-state index < -0.39 is 6.04 Å². The van der Waals surface area contributed by atoms with Crippen molar-refractivity contribution < 1.29 is 6.85 Å². The minimum absolute atomic E-state index is 0.149. The van der Waals surface area contributed by atoms with Crippen molar-refractivity contribution in [3.63, 3.8) is 0 Å². The number of benzene rings is 7. The summed E-state index contributed by atoms with van der Waals surface area (Å²) in [6.07, 6.45) is 2.02. The fourth-order valence-corrected chi connectivity index (χ4v) is 7.29. The molecule has 0 atom stereocenters. The molecule has 254 valence electrons. The van der Waals surface area contributed by atoms with Crippen molar-refractivity contribution in [1.29, 1.82) is 0 Å². The molecule has 0 spiro atoms. The number of aromatic nitrogens is 4. The third-order valence-corrected chi connectivity index (χ3v) is 9.82. The van der Waals surface area contributed by atoms with Gasteiger partial charge >= 0.3 is 0 Å². The number of nitrogens with zero attached hydrogens (tertiary/aromatic N) is 4. The number of hydrogen-bond donors (Lipinski definition) is 0. The normalized spacial score (nSPS) is 12.6. The van der Waals surface area contributed by atoms with Gasteiger partial charge < -0.3 is 0 Å². The van der Waals surface area contributed by atoms with E-state index in [-0.39, 0.29) is 29.7 Å². The van der Waals surface area contributed by atoms with E-state index in [2.05, 4.69) is 75.7 Å². The number of para-hydroxylation sites is 3. The highest BCUT2D eigenvalue weighted by molar-refractivity contribution is 5.87. The minimum Gasteiger partial charge on any atom is -0.299 e. The van der Waals surface area contributed by atoms with Crippen LogP contribution in [0.2, 0.25) is 0 Å². The summed E-state index contributed by atoms with van der Waals surface area (Å²) >= 11 is 0. The largest absolute Gasteiger partial charge is 0.299 e. The van der Waals surface area contributed by atoms with Gasteiger partial charge in [0, 0.05) is 28.6 Å². The van der Waals surface area contributed by atoms with E-state index in [1.54, 1.807) is 0 Å². The average Bonchev–Trinajstić information content (AvgIpc) is 3.88. The van der Waals surface area contributed by atoms with Crippen LogP contribution in [-0.4, -0.2) is 18.9 Å². The molecule has 0 aliphatic carbocycles. The Hall–Kier alpha value is -7.30. The number of rotatable bonds is 7. The zero-order valence-electron chi connectivity index (χ0n) is 34.0. The summed E-state index contributed by atoms with van der Waals surface area (Å²) in [4.78, 5) is 10.1. The van der Waals surface area contributed by atoms with Crippen LogP contribution in [0.5, 0.6) is 0 Å². The van der Waals surface area contributed by atoms with Gasteiger partial charge in [0.2, 0.25) is 0 Å². The van der Waals surface area contributed by atoms with Crippen LogP contribution in [0.3, 0.4) is 0 Å². The van der Waals surface area contributed by atoms with Gasteiger partial charge in [0.05, 0.1) is 29.3 Å². The molecule has 3 heterocycles. The number of fused-ring (bicyclic) bond motifs is 2. The van der Waals surface area contributed by atoms with Gasteiger partial charge in [-0.2, -0.15) is 0 Å². The van der Waals surface area contributed by atoms with Gasteiger partial charge in [0.25, 0.3) is 0 Å². The Labute approximate surface area is 321 Å². The monoisotopic (exact) mass is 695 g/mol. The summed E-state index contributed by atoms with van der Waals surface area (Å²) in [6, 6.07) is 55.2. The van der Waals surface area contributed by atoms with Crippen molar-refractivity contribution in [2.45, 2.75) is 0 Å². The van der Waals surface area contributed by atoms with Crippen LogP contribution in [0.15, 0.2) is 206 Å². The molecular formula is C50H34N4. The van der Waals surface area contributed by atoms with E-state index in [0.29, 0.717) is 5.56 Å². The van der Waals surface area contributed by atoms with Crippen LogP contribution in [0.25, 0.3) is 89.7 Å². The van der Waals surface area contributed by atoms with Crippen LogP contribution in [0, 0.1) is 0 Å². The van der Waals surface area contributed by atoms with Crippen LogP contribution in [0.4, 0.5) is 0 Å². The topological polar surface area (TPSA) is 35.1 Å². The second kappa shape index (κ2) is 13.4. The molecule has 0 unspecified atom stereocenters. The Bertz CT molecular complexity index is 3180. The molecule has 4 heteroatoms. The first-order chi connectivity index (χ1) is 28.8. The Kier molecular flexibility index (Phi) is 6.54. The lowest BCUT2D eigenvalue weighted by atomic mass is 9.92. The molecule has 0 aliphatic rings. The third-order valence-electron chi connectivity index (χ3n) is 9.82. The molecule has 0 saturated carbocycles. The van der Waals surface area contributed by atoms with Crippen molar-refractivity contribution in [1.82, 2.24) is 18.9 Å². The predicted octanol–water partition coefficient (Wildman–Crippen LogP) is 12.7. The highest BCUT2D eigenvalue weighted by Gasteiger charge is 2.18. The second-order valence-corrected chi connectivity index (χ2v) is 13.2. The van der Waals surface area contributed by atoms with E-state index in [1.165, 1.54) is 0 Å². The van der Waals surface area contributed by atoms with Crippen molar-refractivity contribution in [2.24, 2.45) is 0 Å². The van der Waals surface area contributed by atoms with Crippen LogP contribution in [0.1, 0.15) is 6.85 Å². The molecule has 0 fully saturated rings. The lowest BCUT2D eigenvalue weighted by molar-refractivity contribution is 1.10. The molecule has 0 saturated heterocycles. The standard InChI is InChI=1S/C50H34N4/c1-4-15-35(16-5-1)41-32-42(36-26-28-38(29-27-36)49-48(37-17-6-2-7-18-37)52-47-25-12-13-30-53(47)49)34-43(33-41)39-19-14-20-40(31-39)50-51-45-23-10-11-24-46(45)54(50)44-21-8-3-9-22-44/h1-34H/i1D,4D,5D,15D,16D. The summed E-state index contributed by atoms with van der Waals surface area (Å²) in [6.45, 7) is 0. The van der Waals surface area contributed by atoms with E-state index in [1.807, 2.05) is 109 Å². The second-order valence-electron chi connectivity index (χ2n) is 13.2. The maximum atomic E-state index is 8.90. The van der Waals surface area contributed by atoms with Gasteiger partial charge in [-0.15, -0.1) is 0 Å². The van der Waals surface area contributed by atoms with E-state index in [0.717, 1.165) is 78.5 Å². The minimum atomic E-state index is -0.424. The Morgan fingerprint density at radius 1 is 0.426 bits per heavy atom. The van der Waals surface area contributed by atoms with Crippen molar-refractivity contribution in [2.75, 3.05) is 0 Å². The molecule has 0 amide bonds. The molecule has 10 aromatic rings. The Morgan fingerprint density at radius 3 is 1.83 bits per heavy atom. The van der Waals surface area contributed by atoms with Crippen molar-refractivity contribution in [3.8, 4) is 73.0 Å². The van der Waals surface area contributed by atoms with E-state index in [4.69, 9.17) is 16.8 Å². The first-order valence-corrected chi connectivity index (χ1v) is 17.8. The molecule has 7 aromatic carbocycles. The predicted molar refractivity (Wildman–Crippen MR) is 222 cm³/mol. The zero-order chi connectivity index (χ0) is 40.2. The summed E-state index contributed by atoms with van der Waals surface area (Å²) < 4.78 is 47.3. The third kappa shape index (κ3) is 5.67. The van der Waals surface area contributed by atoms with Crippen LogP contribution < -0.4 is 0 Å². The molecule has 0 bridgehead atoms. The Morgan fingerprint density at radius 2 is 1.04 bits per heavy atom. The van der Waals surface area contributed by atoms with Crippen molar-refractivity contribution in [3.05, 3.63) is 206 Å². The lowest BCUT2D eigenvalue weighted by Crippen LogP contribution is -1.97. The highest BCUT2D eigenvalue weighted by atomic mass is 15.1. The first-order valence-electron chi connectivity index (χ1n) is 20.3. The van der Waals surface area contributed by atoms with Crippen molar-refractivity contribution >= 4 is 16.7 Å². The van der Waals surface area contributed by atoms with Gasteiger partial charge in [-0.05, 0) is 94.0 Å². The lowest BCUT2D eigenvalue weighted by Gasteiger charge is -2.14. The molecule has 54 heavy (non-hydrogen) atoms. The summed E-state index contributed by atoms with van der Waals surface area (Å²) in [7, 11) is 0. The SMILES string of the molecule is [2H]c1c([2H])c([2H])c(-c2cc(-c3ccc(-c4c(-c5ccccc5)nc5ccccn45)cc3)cc(-c3cccc(-c4nc5ccccc5n4-c4ccccc4)c3)c2)c([2H])c1[2H]. The number of imidazole rings is 2. The maximum absolute atomic E-state index is 8.90. The summed E-state index contributed by atoms with van der Waals surface area (Å²) in [5, 5.41) is 0. The highest BCUT2D eigenvalue weighted by Crippen LogP contribution is 2.38. The summed E-state index contributed by atoms with van der Waals surface area (Å²) in [5.41, 5.74) is 12.6.